The number of rotatable bonds is 5. The van der Waals surface area contributed by atoms with Gasteiger partial charge in [0.2, 0.25) is 0 Å². The fourth-order valence-electron chi connectivity index (χ4n) is 2.36. The van der Waals surface area contributed by atoms with Crippen LogP contribution < -0.4 is 16.0 Å². The zero-order valence-electron chi connectivity index (χ0n) is 13.5. The highest BCUT2D eigenvalue weighted by Crippen LogP contribution is 2.35. The van der Waals surface area contributed by atoms with Gasteiger partial charge in [-0.2, -0.15) is 13.2 Å². The Balaban J connectivity index is 1.95. The maximum Gasteiger partial charge on any atom is 0.431 e. The quantitative estimate of drug-likeness (QED) is 0.708. The molecule has 140 valence electrons. The summed E-state index contributed by atoms with van der Waals surface area (Å²) in [5, 5.41) is 0. The van der Waals surface area contributed by atoms with Gasteiger partial charge in [0.15, 0.2) is 6.39 Å². The number of primary amides is 1. The van der Waals surface area contributed by atoms with Gasteiger partial charge in [0.25, 0.3) is 11.5 Å². The molecule has 1 amide bonds. The van der Waals surface area contributed by atoms with Gasteiger partial charge in [-0.3, -0.25) is 9.59 Å². The lowest BCUT2D eigenvalue weighted by molar-refractivity contribution is -0.140. The fourth-order valence-corrected chi connectivity index (χ4v) is 2.36. The lowest BCUT2D eigenvalue weighted by atomic mass is 10.0. The lowest BCUT2D eigenvalue weighted by Crippen LogP contribution is -2.27. The van der Waals surface area contributed by atoms with E-state index in [-0.39, 0.29) is 17.7 Å². The summed E-state index contributed by atoms with van der Waals surface area (Å²) in [6.45, 7) is 0.119. The van der Waals surface area contributed by atoms with Crippen molar-refractivity contribution in [3.05, 3.63) is 70.3 Å². The van der Waals surface area contributed by atoms with E-state index >= 15 is 0 Å². The van der Waals surface area contributed by atoms with Crippen molar-refractivity contribution in [2.24, 2.45) is 5.73 Å². The predicted molar refractivity (Wildman–Crippen MR) is 86.9 cm³/mol. The van der Waals surface area contributed by atoms with Gasteiger partial charge in [0, 0.05) is 5.56 Å². The molecule has 3 rings (SSSR count). The molecular weight excluding hydrogens is 367 g/mol. The minimum Gasteiger partial charge on any atom is -0.487 e. The summed E-state index contributed by atoms with van der Waals surface area (Å²) in [6.07, 6.45) is -2.19. The predicted octanol–water partition coefficient (Wildman–Crippen LogP) is 2.73. The highest BCUT2D eigenvalue weighted by molar-refractivity contribution is 5.93. The van der Waals surface area contributed by atoms with E-state index in [2.05, 4.69) is 4.98 Å². The molecule has 0 aliphatic heterocycles. The van der Waals surface area contributed by atoms with E-state index in [1.54, 1.807) is 4.98 Å². The minimum absolute atomic E-state index is 0.119. The number of benzene rings is 1. The van der Waals surface area contributed by atoms with Crippen LogP contribution in [0.1, 0.15) is 21.7 Å². The molecule has 2 aromatic heterocycles. The third-order valence-corrected chi connectivity index (χ3v) is 3.63. The Labute approximate surface area is 149 Å². The second-order valence-corrected chi connectivity index (χ2v) is 5.46. The molecule has 27 heavy (non-hydrogen) atoms. The second-order valence-electron chi connectivity index (χ2n) is 5.46. The van der Waals surface area contributed by atoms with E-state index in [1.165, 1.54) is 36.9 Å². The first-order chi connectivity index (χ1) is 12.8. The number of nitrogens with zero attached hydrogens (tertiary/aromatic N) is 1. The van der Waals surface area contributed by atoms with Crippen molar-refractivity contribution < 1.29 is 27.1 Å². The van der Waals surface area contributed by atoms with Crippen LogP contribution in [0.15, 0.2) is 52.2 Å². The number of amides is 1. The van der Waals surface area contributed by atoms with E-state index in [0.29, 0.717) is 11.4 Å². The van der Waals surface area contributed by atoms with Gasteiger partial charge < -0.3 is 19.9 Å². The van der Waals surface area contributed by atoms with Crippen molar-refractivity contribution in [1.29, 1.82) is 0 Å². The Morgan fingerprint density at radius 1 is 1.26 bits per heavy atom. The maximum absolute atomic E-state index is 13.3. The number of halogens is 3. The number of ether oxygens (including phenoxy) is 1. The van der Waals surface area contributed by atoms with Gasteiger partial charge in [0.1, 0.15) is 35.6 Å². The largest absolute Gasteiger partial charge is 0.487 e. The lowest BCUT2D eigenvalue weighted by Gasteiger charge is -2.14. The molecule has 0 bridgehead atoms. The van der Waals surface area contributed by atoms with Gasteiger partial charge in [-0.15, -0.1) is 0 Å². The number of nitrogens with two attached hydrogens (primary N) is 1. The zero-order chi connectivity index (χ0) is 19.6. The molecule has 10 heteroatoms. The van der Waals surface area contributed by atoms with Crippen molar-refractivity contribution in [2.75, 3.05) is 0 Å². The topological polar surface area (TPSA) is 111 Å². The average Bonchev–Trinajstić information content (AvgIpc) is 3.13. The van der Waals surface area contributed by atoms with Crippen molar-refractivity contribution in [3.63, 3.8) is 0 Å². The maximum atomic E-state index is 13.3. The molecule has 0 fully saturated rings. The number of oxazole rings is 1. The van der Waals surface area contributed by atoms with E-state index in [0.717, 1.165) is 6.07 Å². The Morgan fingerprint density at radius 2 is 1.96 bits per heavy atom. The van der Waals surface area contributed by atoms with Gasteiger partial charge in [-0.25, -0.2) is 4.98 Å². The van der Waals surface area contributed by atoms with Gasteiger partial charge in [-0.1, -0.05) is 12.1 Å². The molecule has 0 spiro atoms. The van der Waals surface area contributed by atoms with Crippen LogP contribution in [-0.4, -0.2) is 15.9 Å². The minimum atomic E-state index is -4.83. The average molecular weight is 379 g/mol. The molecule has 3 N–H and O–H groups in total. The molecule has 0 aliphatic carbocycles. The highest BCUT2D eigenvalue weighted by Gasteiger charge is 2.36. The van der Waals surface area contributed by atoms with E-state index < -0.39 is 28.9 Å². The molecule has 0 unspecified atom stereocenters. The highest BCUT2D eigenvalue weighted by atomic mass is 19.4. The van der Waals surface area contributed by atoms with Gasteiger partial charge >= 0.3 is 6.18 Å². The van der Waals surface area contributed by atoms with Crippen LogP contribution in [0, 0.1) is 0 Å². The van der Waals surface area contributed by atoms with Crippen molar-refractivity contribution in [2.45, 2.75) is 12.8 Å². The first-order valence-electron chi connectivity index (χ1n) is 7.50. The molecule has 7 nitrogen and oxygen atoms in total. The third kappa shape index (κ3) is 4.00. The number of aromatic amines is 1. The molecular formula is C17H12F3N3O4. The summed E-state index contributed by atoms with van der Waals surface area (Å²) in [4.78, 5) is 28.5. The van der Waals surface area contributed by atoms with E-state index in [9.17, 15) is 22.8 Å². The number of hydrogen-bond acceptors (Lipinski definition) is 5. The summed E-state index contributed by atoms with van der Waals surface area (Å²) in [7, 11) is 0. The molecule has 0 atom stereocenters. The number of carbonyl (C=O) groups excluding carboxylic acids is 1. The van der Waals surface area contributed by atoms with Crippen LogP contribution in [0.5, 0.6) is 5.75 Å². The second kappa shape index (κ2) is 6.98. The van der Waals surface area contributed by atoms with E-state index in [4.69, 9.17) is 14.9 Å². The van der Waals surface area contributed by atoms with Crippen LogP contribution in [-0.2, 0) is 12.8 Å². The number of pyridine rings is 1. The number of alkyl halides is 3. The van der Waals surface area contributed by atoms with Crippen molar-refractivity contribution in [3.8, 4) is 16.9 Å². The first kappa shape index (κ1) is 18.2. The number of aromatic nitrogens is 2. The van der Waals surface area contributed by atoms with E-state index in [1.807, 2.05) is 0 Å². The number of H-pyrrole nitrogens is 1. The van der Waals surface area contributed by atoms with Crippen LogP contribution in [0.2, 0.25) is 0 Å². The van der Waals surface area contributed by atoms with Crippen LogP contribution in [0.3, 0.4) is 0 Å². The Hall–Kier alpha value is -3.56. The standard InChI is InChI=1S/C17H12F3N3O4/c18-17(19,20)14-12(5-13(15(21)24)16(25)23-14)9-1-3-11(4-2-9)27-7-10-6-26-8-22-10/h1-6,8H,7H2,(H2,21,24)(H,23,25). The van der Waals surface area contributed by atoms with Crippen molar-refractivity contribution >= 4 is 5.91 Å². The normalized spacial score (nSPS) is 11.4. The summed E-state index contributed by atoms with van der Waals surface area (Å²) < 4.78 is 50.1. The Kier molecular flexibility index (Phi) is 4.72. The zero-order valence-corrected chi connectivity index (χ0v) is 13.5. The number of hydrogen-bond donors (Lipinski definition) is 2. The summed E-state index contributed by atoms with van der Waals surface area (Å²) >= 11 is 0. The third-order valence-electron chi connectivity index (χ3n) is 3.63. The fraction of sp³-hybridized carbons (Fsp3) is 0.118. The van der Waals surface area contributed by atoms with Gasteiger partial charge in [-0.05, 0) is 23.8 Å². The molecule has 1 aromatic carbocycles. The van der Waals surface area contributed by atoms with Crippen LogP contribution >= 0.6 is 0 Å². The molecule has 0 aliphatic rings. The molecule has 2 heterocycles. The molecule has 3 aromatic rings. The van der Waals surface area contributed by atoms with Gasteiger partial charge in [0.05, 0.1) is 0 Å². The molecule has 0 saturated carbocycles. The summed E-state index contributed by atoms with van der Waals surface area (Å²) in [5.41, 5.74) is 2.31. The number of carbonyl (C=O) groups is 1. The Bertz CT molecular complexity index is 1010. The summed E-state index contributed by atoms with van der Waals surface area (Å²) in [6, 6.07) is 6.46. The first-order valence-corrected chi connectivity index (χ1v) is 7.50. The SMILES string of the molecule is NC(=O)c1cc(-c2ccc(OCc3cocn3)cc2)c(C(F)(F)F)[nH]c1=O. The van der Waals surface area contributed by atoms with Crippen LogP contribution in [0.4, 0.5) is 13.2 Å². The Morgan fingerprint density at radius 3 is 2.52 bits per heavy atom. The number of nitrogens with one attached hydrogen (secondary N) is 1. The van der Waals surface area contributed by atoms with Crippen LogP contribution in [0.25, 0.3) is 11.1 Å². The molecule has 0 saturated heterocycles. The smallest absolute Gasteiger partial charge is 0.431 e. The monoisotopic (exact) mass is 379 g/mol. The molecule has 0 radical (unpaired) electrons. The van der Waals surface area contributed by atoms with Crippen molar-refractivity contribution in [1.82, 2.24) is 9.97 Å². The summed E-state index contributed by atoms with van der Waals surface area (Å²) in [5.74, 6) is -0.742.